The monoisotopic (exact) mass is 345 g/mol. The molecular formula is C18H23N3O2S. The Kier molecular flexibility index (Phi) is 4.87. The molecule has 0 radical (unpaired) electrons. The summed E-state index contributed by atoms with van der Waals surface area (Å²) in [6.45, 7) is 3.87. The molecular weight excluding hydrogens is 322 g/mol. The van der Waals surface area contributed by atoms with Gasteiger partial charge in [-0.2, -0.15) is 0 Å². The highest BCUT2D eigenvalue weighted by Crippen LogP contribution is 2.42. The fraction of sp³-hybridized carbons (Fsp3) is 0.444. The van der Waals surface area contributed by atoms with Gasteiger partial charge in [0.1, 0.15) is 10.6 Å². The minimum atomic E-state index is -1.11. The quantitative estimate of drug-likeness (QED) is 0.753. The van der Waals surface area contributed by atoms with Gasteiger partial charge in [-0.15, -0.1) is 11.3 Å². The lowest BCUT2D eigenvalue weighted by atomic mass is 9.96. The van der Waals surface area contributed by atoms with Gasteiger partial charge in [0.2, 0.25) is 0 Å². The average molecular weight is 345 g/mol. The molecule has 128 valence electrons. The van der Waals surface area contributed by atoms with Crippen molar-refractivity contribution >= 4 is 17.4 Å². The smallest absolute Gasteiger partial charge is 0.315 e. The van der Waals surface area contributed by atoms with Gasteiger partial charge in [-0.25, -0.2) is 9.78 Å². The summed E-state index contributed by atoms with van der Waals surface area (Å²) in [7, 11) is 0. The van der Waals surface area contributed by atoms with E-state index in [9.17, 15) is 9.90 Å². The Hall–Kier alpha value is -1.92. The number of benzene rings is 1. The standard InChI is InChI=1S/C18H23N3O2S/c1-12-10-19-16(24-12)15(13-8-9-13)21-17(22)20-11-18(2,23)14-6-4-3-5-7-14/h3-7,10,13,15,23H,8-9,11H2,1-2H3,(H2,20,21,22). The molecule has 1 heterocycles. The minimum absolute atomic E-state index is 0.0367. The van der Waals surface area contributed by atoms with Crippen LogP contribution < -0.4 is 10.6 Å². The molecule has 24 heavy (non-hydrogen) atoms. The maximum Gasteiger partial charge on any atom is 0.315 e. The number of nitrogens with one attached hydrogen (secondary N) is 2. The number of thiazole rings is 1. The number of nitrogens with zero attached hydrogens (tertiary/aromatic N) is 1. The van der Waals surface area contributed by atoms with Gasteiger partial charge in [0.05, 0.1) is 12.6 Å². The van der Waals surface area contributed by atoms with E-state index in [1.54, 1.807) is 18.3 Å². The SMILES string of the molecule is Cc1cnc(C(NC(=O)NCC(C)(O)c2ccccc2)C2CC2)s1. The number of rotatable bonds is 6. The van der Waals surface area contributed by atoms with Crippen LogP contribution in [-0.4, -0.2) is 22.7 Å². The molecule has 0 saturated heterocycles. The first-order valence-electron chi connectivity index (χ1n) is 8.20. The summed E-state index contributed by atoms with van der Waals surface area (Å²) in [5, 5.41) is 17.3. The van der Waals surface area contributed by atoms with Crippen molar-refractivity contribution in [3.8, 4) is 0 Å². The second kappa shape index (κ2) is 6.91. The molecule has 1 aliphatic rings. The molecule has 2 unspecified atom stereocenters. The Morgan fingerprint density at radius 1 is 1.42 bits per heavy atom. The Balaban J connectivity index is 1.58. The van der Waals surface area contributed by atoms with Crippen LogP contribution in [0.3, 0.4) is 0 Å². The lowest BCUT2D eigenvalue weighted by Gasteiger charge is -2.25. The molecule has 2 aromatic rings. The Labute approximate surface area is 146 Å². The highest BCUT2D eigenvalue weighted by Gasteiger charge is 2.35. The fourth-order valence-corrected chi connectivity index (χ4v) is 3.59. The number of aromatic nitrogens is 1. The van der Waals surface area contributed by atoms with Gasteiger partial charge in [0.25, 0.3) is 0 Å². The number of hydrogen-bond acceptors (Lipinski definition) is 4. The third-order valence-electron chi connectivity index (χ3n) is 4.27. The number of carbonyl (C=O) groups is 1. The van der Waals surface area contributed by atoms with Crippen LogP contribution in [0.4, 0.5) is 4.79 Å². The number of aryl methyl sites for hydroxylation is 1. The molecule has 0 aliphatic heterocycles. The van der Waals surface area contributed by atoms with E-state index < -0.39 is 5.60 Å². The van der Waals surface area contributed by atoms with Crippen LogP contribution in [-0.2, 0) is 5.60 Å². The Bertz CT molecular complexity index is 695. The number of aliphatic hydroxyl groups is 1. The highest BCUT2D eigenvalue weighted by molar-refractivity contribution is 7.11. The molecule has 3 rings (SSSR count). The minimum Gasteiger partial charge on any atom is -0.384 e. The van der Waals surface area contributed by atoms with Crippen molar-refractivity contribution in [2.45, 2.75) is 38.3 Å². The lowest BCUT2D eigenvalue weighted by Crippen LogP contribution is -2.44. The van der Waals surface area contributed by atoms with E-state index in [-0.39, 0.29) is 18.6 Å². The zero-order valence-corrected chi connectivity index (χ0v) is 14.8. The normalized spacial score (nSPS) is 17.8. The van der Waals surface area contributed by atoms with Crippen molar-refractivity contribution in [2.24, 2.45) is 5.92 Å². The van der Waals surface area contributed by atoms with Crippen molar-refractivity contribution in [1.29, 1.82) is 0 Å². The fourth-order valence-electron chi connectivity index (χ4n) is 2.67. The summed E-state index contributed by atoms with van der Waals surface area (Å²) in [6, 6.07) is 9.04. The Morgan fingerprint density at radius 3 is 2.71 bits per heavy atom. The van der Waals surface area contributed by atoms with Crippen molar-refractivity contribution in [1.82, 2.24) is 15.6 Å². The van der Waals surface area contributed by atoms with Gasteiger partial charge in [0, 0.05) is 11.1 Å². The van der Waals surface area contributed by atoms with E-state index in [2.05, 4.69) is 15.6 Å². The largest absolute Gasteiger partial charge is 0.384 e. The first-order valence-corrected chi connectivity index (χ1v) is 9.02. The topological polar surface area (TPSA) is 74.2 Å². The first-order chi connectivity index (χ1) is 11.5. The van der Waals surface area contributed by atoms with Crippen LogP contribution in [0, 0.1) is 12.8 Å². The number of amides is 2. The van der Waals surface area contributed by atoms with E-state index in [1.165, 1.54) is 0 Å². The van der Waals surface area contributed by atoms with Gasteiger partial charge < -0.3 is 15.7 Å². The van der Waals surface area contributed by atoms with Crippen LogP contribution in [0.1, 0.15) is 41.3 Å². The van der Waals surface area contributed by atoms with E-state index in [1.807, 2.05) is 43.5 Å². The van der Waals surface area contributed by atoms with Crippen LogP contribution in [0.15, 0.2) is 36.5 Å². The van der Waals surface area contributed by atoms with E-state index in [4.69, 9.17) is 0 Å². The van der Waals surface area contributed by atoms with Gasteiger partial charge in [0.15, 0.2) is 0 Å². The van der Waals surface area contributed by atoms with Crippen LogP contribution in [0.25, 0.3) is 0 Å². The maximum atomic E-state index is 12.3. The van der Waals surface area contributed by atoms with E-state index >= 15 is 0 Å². The van der Waals surface area contributed by atoms with Crippen LogP contribution in [0.5, 0.6) is 0 Å². The van der Waals surface area contributed by atoms with Gasteiger partial charge in [-0.3, -0.25) is 0 Å². The summed E-state index contributed by atoms with van der Waals surface area (Å²) in [4.78, 5) is 17.8. The molecule has 1 saturated carbocycles. The van der Waals surface area contributed by atoms with E-state index in [0.717, 1.165) is 28.3 Å². The summed E-state index contributed by atoms with van der Waals surface area (Å²) in [6.07, 6.45) is 4.08. The predicted octanol–water partition coefficient (Wildman–Crippen LogP) is 3.11. The van der Waals surface area contributed by atoms with Crippen LogP contribution >= 0.6 is 11.3 Å². The molecule has 5 nitrogen and oxygen atoms in total. The molecule has 6 heteroatoms. The number of urea groups is 1. The van der Waals surface area contributed by atoms with E-state index in [0.29, 0.717) is 5.92 Å². The molecule has 0 spiro atoms. The maximum absolute atomic E-state index is 12.3. The number of hydrogen-bond donors (Lipinski definition) is 3. The molecule has 2 atom stereocenters. The molecule has 3 N–H and O–H groups in total. The summed E-state index contributed by atoms with van der Waals surface area (Å²) >= 11 is 1.62. The van der Waals surface area contributed by atoms with Gasteiger partial charge in [-0.1, -0.05) is 30.3 Å². The molecule has 1 aromatic carbocycles. The predicted molar refractivity (Wildman–Crippen MR) is 94.9 cm³/mol. The van der Waals surface area contributed by atoms with Crippen molar-refractivity contribution in [3.63, 3.8) is 0 Å². The second-order valence-corrected chi connectivity index (χ2v) is 7.86. The third kappa shape index (κ3) is 4.13. The number of carbonyl (C=O) groups excluding carboxylic acids is 1. The summed E-state index contributed by atoms with van der Waals surface area (Å²) in [5.41, 5.74) is -0.328. The summed E-state index contributed by atoms with van der Waals surface area (Å²) < 4.78 is 0. The second-order valence-electron chi connectivity index (χ2n) is 6.59. The van der Waals surface area contributed by atoms with Crippen molar-refractivity contribution in [2.75, 3.05) is 6.54 Å². The van der Waals surface area contributed by atoms with Gasteiger partial charge >= 0.3 is 6.03 Å². The lowest BCUT2D eigenvalue weighted by molar-refractivity contribution is 0.0592. The molecule has 2 amide bonds. The molecule has 1 fully saturated rings. The third-order valence-corrected chi connectivity index (χ3v) is 5.27. The molecule has 1 aromatic heterocycles. The highest BCUT2D eigenvalue weighted by atomic mass is 32.1. The Morgan fingerprint density at radius 2 is 2.12 bits per heavy atom. The summed E-state index contributed by atoms with van der Waals surface area (Å²) in [5.74, 6) is 0.468. The molecule has 1 aliphatic carbocycles. The zero-order chi connectivity index (χ0) is 17.2. The van der Waals surface area contributed by atoms with Crippen LogP contribution in [0.2, 0.25) is 0 Å². The van der Waals surface area contributed by atoms with Crippen molar-refractivity contribution in [3.05, 3.63) is 52.0 Å². The average Bonchev–Trinajstić information content (AvgIpc) is 3.33. The zero-order valence-electron chi connectivity index (χ0n) is 14.0. The first kappa shape index (κ1) is 16.9. The van der Waals surface area contributed by atoms with Crippen molar-refractivity contribution < 1.29 is 9.90 Å². The molecule has 0 bridgehead atoms. The van der Waals surface area contributed by atoms with Gasteiger partial charge in [-0.05, 0) is 38.2 Å².